The minimum absolute atomic E-state index is 0.360. The van der Waals surface area contributed by atoms with Gasteiger partial charge in [-0.3, -0.25) is 0 Å². The van der Waals surface area contributed by atoms with Gasteiger partial charge in [0.05, 0.1) is 6.61 Å². The van der Waals surface area contributed by atoms with Gasteiger partial charge in [-0.15, -0.1) is 0 Å². The summed E-state index contributed by atoms with van der Waals surface area (Å²) in [6.45, 7) is 3.64. The molecular weight excluding hydrogens is 198 g/mol. The maximum atomic E-state index is 5.87. The lowest BCUT2D eigenvalue weighted by atomic mass is 10.2. The Hall–Kier alpha value is -0.570. The first-order chi connectivity index (χ1) is 6.72. The van der Waals surface area contributed by atoms with E-state index in [1.165, 1.54) is 5.56 Å². The second-order valence-corrected chi connectivity index (χ2v) is 3.80. The molecule has 0 bridgehead atoms. The Morgan fingerprint density at radius 2 is 2.29 bits per heavy atom. The zero-order chi connectivity index (χ0) is 10.4. The molecule has 0 aromatic heterocycles. The molecule has 3 heteroatoms. The Labute approximate surface area is 90.2 Å². The predicted octanol–water partition coefficient (Wildman–Crippen LogP) is 2.46. The van der Waals surface area contributed by atoms with Crippen molar-refractivity contribution in [3.63, 3.8) is 0 Å². The van der Waals surface area contributed by atoms with Crippen molar-refractivity contribution in [2.75, 3.05) is 13.7 Å². The van der Waals surface area contributed by atoms with Gasteiger partial charge in [0.1, 0.15) is 0 Å². The molecule has 0 fully saturated rings. The van der Waals surface area contributed by atoms with E-state index in [0.29, 0.717) is 6.04 Å². The Kier molecular flexibility index (Phi) is 4.94. The summed E-state index contributed by atoms with van der Waals surface area (Å²) in [5, 5.41) is 4.12. The van der Waals surface area contributed by atoms with Crippen LogP contribution in [0.5, 0.6) is 0 Å². The second kappa shape index (κ2) is 6.02. The summed E-state index contributed by atoms with van der Waals surface area (Å²) in [6.07, 6.45) is 0. The number of rotatable bonds is 5. The highest BCUT2D eigenvalue weighted by Gasteiger charge is 2.00. The fourth-order valence-electron chi connectivity index (χ4n) is 1.25. The van der Waals surface area contributed by atoms with Crippen LogP contribution in [0.2, 0.25) is 5.02 Å². The molecule has 0 radical (unpaired) electrons. The molecule has 1 atom stereocenters. The topological polar surface area (TPSA) is 21.3 Å². The molecule has 1 unspecified atom stereocenters. The van der Waals surface area contributed by atoms with Crippen LogP contribution in [0.1, 0.15) is 12.5 Å². The van der Waals surface area contributed by atoms with Crippen molar-refractivity contribution in [2.45, 2.75) is 19.5 Å². The van der Waals surface area contributed by atoms with Gasteiger partial charge in [0.25, 0.3) is 0 Å². The Morgan fingerprint density at radius 3 is 2.93 bits per heavy atom. The highest BCUT2D eigenvalue weighted by atomic mass is 35.5. The quantitative estimate of drug-likeness (QED) is 0.812. The average molecular weight is 214 g/mol. The molecule has 0 aliphatic heterocycles. The van der Waals surface area contributed by atoms with Crippen molar-refractivity contribution in [1.82, 2.24) is 5.32 Å². The monoisotopic (exact) mass is 213 g/mol. The van der Waals surface area contributed by atoms with Gasteiger partial charge < -0.3 is 10.1 Å². The van der Waals surface area contributed by atoms with Crippen LogP contribution in [0.15, 0.2) is 24.3 Å². The SMILES string of the molecule is COCC(C)NCc1cccc(Cl)c1. The van der Waals surface area contributed by atoms with Crippen molar-refractivity contribution in [3.05, 3.63) is 34.9 Å². The third-order valence-corrected chi connectivity index (χ3v) is 2.20. The number of hydrogen-bond acceptors (Lipinski definition) is 2. The van der Waals surface area contributed by atoms with Gasteiger partial charge in [0.2, 0.25) is 0 Å². The number of methoxy groups -OCH3 is 1. The first kappa shape index (κ1) is 11.5. The maximum Gasteiger partial charge on any atom is 0.0613 e. The van der Waals surface area contributed by atoms with Crippen LogP contribution in [0, 0.1) is 0 Å². The van der Waals surface area contributed by atoms with Crippen LogP contribution >= 0.6 is 11.6 Å². The minimum atomic E-state index is 0.360. The zero-order valence-electron chi connectivity index (χ0n) is 8.59. The maximum absolute atomic E-state index is 5.87. The normalized spacial score (nSPS) is 12.8. The van der Waals surface area contributed by atoms with E-state index in [2.05, 4.69) is 18.3 Å². The van der Waals surface area contributed by atoms with Crippen molar-refractivity contribution < 1.29 is 4.74 Å². The highest BCUT2D eigenvalue weighted by Crippen LogP contribution is 2.10. The van der Waals surface area contributed by atoms with Gasteiger partial charge >= 0.3 is 0 Å². The zero-order valence-corrected chi connectivity index (χ0v) is 9.34. The summed E-state index contributed by atoms with van der Waals surface area (Å²) in [7, 11) is 1.71. The van der Waals surface area contributed by atoms with Gasteiger partial charge in [-0.25, -0.2) is 0 Å². The lowest BCUT2D eigenvalue weighted by molar-refractivity contribution is 0.171. The smallest absolute Gasteiger partial charge is 0.0613 e. The van der Waals surface area contributed by atoms with E-state index in [0.717, 1.165) is 18.2 Å². The summed E-state index contributed by atoms with van der Waals surface area (Å²) in [6, 6.07) is 8.22. The van der Waals surface area contributed by atoms with E-state index in [4.69, 9.17) is 16.3 Å². The van der Waals surface area contributed by atoms with Crippen LogP contribution in [0.25, 0.3) is 0 Å². The molecule has 1 aromatic carbocycles. The van der Waals surface area contributed by atoms with Crippen LogP contribution in [0.4, 0.5) is 0 Å². The van der Waals surface area contributed by atoms with E-state index in [1.807, 2.05) is 18.2 Å². The molecule has 1 aromatic rings. The predicted molar refractivity (Wildman–Crippen MR) is 59.6 cm³/mol. The fourth-order valence-corrected chi connectivity index (χ4v) is 1.46. The van der Waals surface area contributed by atoms with Gasteiger partial charge in [0.15, 0.2) is 0 Å². The molecule has 0 amide bonds. The lowest BCUT2D eigenvalue weighted by Gasteiger charge is -2.12. The number of benzene rings is 1. The Balaban J connectivity index is 2.37. The van der Waals surface area contributed by atoms with Gasteiger partial charge in [-0.1, -0.05) is 23.7 Å². The van der Waals surface area contributed by atoms with Crippen LogP contribution in [0.3, 0.4) is 0 Å². The minimum Gasteiger partial charge on any atom is -0.383 e. The van der Waals surface area contributed by atoms with Crippen molar-refractivity contribution in [3.8, 4) is 0 Å². The largest absolute Gasteiger partial charge is 0.383 e. The first-order valence-corrected chi connectivity index (χ1v) is 5.07. The first-order valence-electron chi connectivity index (χ1n) is 4.69. The molecule has 0 aliphatic carbocycles. The van der Waals surface area contributed by atoms with E-state index >= 15 is 0 Å². The third kappa shape index (κ3) is 4.09. The van der Waals surface area contributed by atoms with Crippen molar-refractivity contribution >= 4 is 11.6 Å². The van der Waals surface area contributed by atoms with E-state index in [1.54, 1.807) is 7.11 Å². The number of nitrogens with one attached hydrogen (secondary N) is 1. The third-order valence-electron chi connectivity index (χ3n) is 1.96. The van der Waals surface area contributed by atoms with Gasteiger partial charge in [-0.2, -0.15) is 0 Å². The molecule has 1 rings (SSSR count). The van der Waals surface area contributed by atoms with Gasteiger partial charge in [-0.05, 0) is 24.6 Å². The fraction of sp³-hybridized carbons (Fsp3) is 0.455. The number of ether oxygens (including phenoxy) is 1. The summed E-state index contributed by atoms with van der Waals surface area (Å²) >= 11 is 5.87. The molecule has 0 spiro atoms. The van der Waals surface area contributed by atoms with Crippen molar-refractivity contribution in [1.29, 1.82) is 0 Å². The van der Waals surface area contributed by atoms with Gasteiger partial charge in [0, 0.05) is 24.7 Å². The van der Waals surface area contributed by atoms with Crippen molar-refractivity contribution in [2.24, 2.45) is 0 Å². The molecule has 0 saturated heterocycles. The summed E-state index contributed by atoms with van der Waals surface area (Å²) < 4.78 is 5.03. The lowest BCUT2D eigenvalue weighted by Crippen LogP contribution is -2.29. The van der Waals surface area contributed by atoms with E-state index < -0.39 is 0 Å². The standard InChI is InChI=1S/C11H16ClNO/c1-9(8-14-2)13-7-10-4-3-5-11(12)6-10/h3-6,9,13H,7-8H2,1-2H3. The highest BCUT2D eigenvalue weighted by molar-refractivity contribution is 6.30. The number of halogens is 1. The molecule has 0 heterocycles. The van der Waals surface area contributed by atoms with Crippen LogP contribution < -0.4 is 5.32 Å². The molecule has 0 saturated carbocycles. The Bertz CT molecular complexity index is 278. The molecule has 0 aliphatic rings. The van der Waals surface area contributed by atoms with Crippen LogP contribution in [-0.2, 0) is 11.3 Å². The molecular formula is C11H16ClNO. The molecule has 14 heavy (non-hydrogen) atoms. The van der Waals surface area contributed by atoms with Crippen LogP contribution in [-0.4, -0.2) is 19.8 Å². The molecule has 78 valence electrons. The summed E-state index contributed by atoms with van der Waals surface area (Å²) in [4.78, 5) is 0. The number of hydrogen-bond donors (Lipinski definition) is 1. The average Bonchev–Trinajstić information content (AvgIpc) is 2.15. The molecule has 1 N–H and O–H groups in total. The van der Waals surface area contributed by atoms with E-state index in [-0.39, 0.29) is 0 Å². The Morgan fingerprint density at radius 1 is 1.50 bits per heavy atom. The summed E-state index contributed by atoms with van der Waals surface area (Å²) in [5.74, 6) is 0. The second-order valence-electron chi connectivity index (χ2n) is 3.37. The molecule has 2 nitrogen and oxygen atoms in total. The summed E-state index contributed by atoms with van der Waals surface area (Å²) in [5.41, 5.74) is 1.19. The van der Waals surface area contributed by atoms with E-state index in [9.17, 15) is 0 Å².